The Labute approximate surface area is 216 Å². The zero-order valence-corrected chi connectivity index (χ0v) is 20.7. The Balaban J connectivity index is 1.61. The minimum Gasteiger partial charge on any atom is -0.447 e. The van der Waals surface area contributed by atoms with E-state index in [2.05, 4.69) is 15.6 Å². The molecule has 1 heterocycles. The number of carbonyl (C=O) groups is 3. The van der Waals surface area contributed by atoms with Crippen LogP contribution in [-0.2, 0) is 20.7 Å². The van der Waals surface area contributed by atoms with E-state index < -0.39 is 29.7 Å². The lowest BCUT2D eigenvalue weighted by Gasteiger charge is -2.28. The van der Waals surface area contributed by atoms with Crippen molar-refractivity contribution in [3.8, 4) is 0 Å². The summed E-state index contributed by atoms with van der Waals surface area (Å²) in [5.74, 6) is -1.65. The number of ether oxygens (including phenoxy) is 1. The maximum absolute atomic E-state index is 13.7. The van der Waals surface area contributed by atoms with E-state index in [-0.39, 0.29) is 49.3 Å². The molecule has 0 aliphatic heterocycles. The Hall–Kier alpha value is -3.83. The van der Waals surface area contributed by atoms with Gasteiger partial charge in [-0.05, 0) is 47.7 Å². The van der Waals surface area contributed by atoms with Crippen molar-refractivity contribution < 1.29 is 27.9 Å². The van der Waals surface area contributed by atoms with Crippen LogP contribution in [0.15, 0.2) is 48.7 Å². The highest BCUT2D eigenvalue weighted by Gasteiger charge is 2.23. The van der Waals surface area contributed by atoms with Gasteiger partial charge in [-0.15, -0.1) is 0 Å². The molecule has 37 heavy (non-hydrogen) atoms. The van der Waals surface area contributed by atoms with Crippen molar-refractivity contribution in [2.24, 2.45) is 5.73 Å². The van der Waals surface area contributed by atoms with Crippen LogP contribution in [0.1, 0.15) is 12.0 Å². The number of nitrogens with zero attached hydrogens (tertiary/aromatic N) is 2. The summed E-state index contributed by atoms with van der Waals surface area (Å²) >= 11 is 5.96. The Bertz CT molecular complexity index is 1290. The lowest BCUT2D eigenvalue weighted by molar-refractivity contribution is -0.133. The summed E-state index contributed by atoms with van der Waals surface area (Å²) in [6.07, 6.45) is 0.820. The highest BCUT2D eigenvalue weighted by Crippen LogP contribution is 2.21. The van der Waals surface area contributed by atoms with Crippen LogP contribution in [0.4, 0.5) is 19.4 Å². The maximum atomic E-state index is 13.7. The van der Waals surface area contributed by atoms with Gasteiger partial charge in [0.1, 0.15) is 24.1 Å². The zero-order valence-electron chi connectivity index (χ0n) is 20.0. The van der Waals surface area contributed by atoms with Crippen molar-refractivity contribution in [2.75, 3.05) is 32.1 Å². The van der Waals surface area contributed by atoms with E-state index in [9.17, 15) is 23.2 Å². The summed E-state index contributed by atoms with van der Waals surface area (Å²) < 4.78 is 32.4. The lowest BCUT2D eigenvalue weighted by atomic mass is 10.1. The highest BCUT2D eigenvalue weighted by molar-refractivity contribution is 6.31. The Kier molecular flexibility index (Phi) is 9.70. The maximum Gasteiger partial charge on any atom is 0.412 e. The molecule has 9 nitrogen and oxygen atoms in total. The van der Waals surface area contributed by atoms with Crippen LogP contribution in [0, 0.1) is 11.6 Å². The van der Waals surface area contributed by atoms with Crippen LogP contribution in [0.3, 0.4) is 0 Å². The van der Waals surface area contributed by atoms with Crippen LogP contribution in [0.2, 0.25) is 5.02 Å². The molecule has 0 unspecified atom stereocenters. The van der Waals surface area contributed by atoms with E-state index in [1.54, 1.807) is 12.1 Å². The number of hydrogen-bond acceptors (Lipinski definition) is 6. The molecule has 0 saturated carbocycles. The molecule has 0 aliphatic carbocycles. The van der Waals surface area contributed by atoms with Crippen LogP contribution in [0.5, 0.6) is 0 Å². The van der Waals surface area contributed by atoms with Crippen molar-refractivity contribution in [3.05, 3.63) is 70.9 Å². The van der Waals surface area contributed by atoms with E-state index in [4.69, 9.17) is 22.1 Å². The van der Waals surface area contributed by atoms with E-state index in [0.29, 0.717) is 16.3 Å². The number of halogens is 3. The zero-order chi connectivity index (χ0) is 26.9. The van der Waals surface area contributed by atoms with Crippen LogP contribution in [-0.4, -0.2) is 60.6 Å². The third-order valence-corrected chi connectivity index (χ3v) is 6.05. The number of rotatable bonds is 10. The SMILES string of the molecule is CN(C(=O)CCc1cccc(F)c1Cl)[C@@H](CNC(=O)CN)COC(=O)Nc1cc2cc(F)ccc2cn1. The first kappa shape index (κ1) is 27.8. The molecule has 1 atom stereocenters. The molecule has 3 rings (SSSR count). The van der Waals surface area contributed by atoms with Crippen molar-refractivity contribution in [3.63, 3.8) is 0 Å². The normalized spacial score (nSPS) is 11.6. The van der Waals surface area contributed by atoms with Crippen molar-refractivity contribution >= 4 is 46.1 Å². The number of nitrogens with two attached hydrogens (primary N) is 1. The standard InChI is InChI=1S/C25H26ClF2N5O4/c1-33(23(35)8-6-15-3-2-4-20(28)24(15)26)19(13-31-22(34)11-29)14-37-25(36)32-21-10-17-9-18(27)7-5-16(17)12-30-21/h2-5,7,9-10,12,19H,6,8,11,13-14,29H2,1H3,(H,31,34)(H,30,32,36)/t19-/m0/s1. The number of likely N-dealkylation sites (N-methyl/N-ethyl adjacent to an activating group) is 1. The molecule has 0 spiro atoms. The van der Waals surface area contributed by atoms with Crippen LogP contribution >= 0.6 is 11.6 Å². The van der Waals surface area contributed by atoms with Crippen molar-refractivity contribution in [2.45, 2.75) is 18.9 Å². The molecular weight excluding hydrogens is 508 g/mol. The van der Waals surface area contributed by atoms with Gasteiger partial charge in [0.25, 0.3) is 0 Å². The van der Waals surface area contributed by atoms with Gasteiger partial charge in [0.2, 0.25) is 11.8 Å². The molecule has 0 aliphatic rings. The molecule has 3 aromatic rings. The second-order valence-corrected chi connectivity index (χ2v) is 8.54. The molecule has 196 valence electrons. The van der Waals surface area contributed by atoms with Gasteiger partial charge >= 0.3 is 6.09 Å². The third-order valence-electron chi connectivity index (χ3n) is 5.62. The predicted octanol–water partition coefficient (Wildman–Crippen LogP) is 3.25. The van der Waals surface area contributed by atoms with Gasteiger partial charge in [0.05, 0.1) is 17.6 Å². The molecule has 0 saturated heterocycles. The number of aryl methyl sites for hydroxylation is 1. The average Bonchev–Trinajstić information content (AvgIpc) is 2.88. The molecule has 1 aromatic heterocycles. The van der Waals surface area contributed by atoms with Crippen molar-refractivity contribution in [1.82, 2.24) is 15.2 Å². The number of pyridine rings is 1. The van der Waals surface area contributed by atoms with E-state index in [1.807, 2.05) is 0 Å². The minimum absolute atomic E-state index is 0.00474. The molecule has 12 heteroatoms. The molecule has 4 N–H and O–H groups in total. The van der Waals surface area contributed by atoms with Gasteiger partial charge in [0, 0.05) is 31.6 Å². The Morgan fingerprint density at radius 3 is 2.70 bits per heavy atom. The van der Waals surface area contributed by atoms with Crippen molar-refractivity contribution in [1.29, 1.82) is 0 Å². The topological polar surface area (TPSA) is 127 Å². The summed E-state index contributed by atoms with van der Waals surface area (Å²) in [6, 6.07) is 9.30. The quantitative estimate of drug-likeness (QED) is 0.367. The second-order valence-electron chi connectivity index (χ2n) is 8.16. The number of carbonyl (C=O) groups excluding carboxylic acids is 3. The predicted molar refractivity (Wildman–Crippen MR) is 135 cm³/mol. The number of benzene rings is 2. The molecule has 0 fully saturated rings. The number of nitrogens with one attached hydrogen (secondary N) is 2. The monoisotopic (exact) mass is 533 g/mol. The summed E-state index contributed by atoms with van der Waals surface area (Å²) in [4.78, 5) is 42.3. The van der Waals surface area contributed by atoms with Gasteiger partial charge < -0.3 is 20.7 Å². The number of amides is 3. The first-order valence-corrected chi connectivity index (χ1v) is 11.7. The Morgan fingerprint density at radius 2 is 1.95 bits per heavy atom. The summed E-state index contributed by atoms with van der Waals surface area (Å²) in [5, 5.41) is 6.21. The molecule has 3 amide bonds. The van der Waals surface area contributed by atoms with Crippen LogP contribution in [0.25, 0.3) is 10.8 Å². The smallest absolute Gasteiger partial charge is 0.412 e. The number of fused-ring (bicyclic) bond motifs is 1. The molecule has 0 radical (unpaired) electrons. The second kappa shape index (κ2) is 12.9. The van der Waals surface area contributed by atoms with Gasteiger partial charge in [-0.2, -0.15) is 0 Å². The van der Waals surface area contributed by atoms with Gasteiger partial charge in [-0.25, -0.2) is 18.6 Å². The van der Waals surface area contributed by atoms with E-state index in [0.717, 1.165) is 0 Å². The lowest BCUT2D eigenvalue weighted by Crippen LogP contribution is -2.48. The molecule has 0 bridgehead atoms. The summed E-state index contributed by atoms with van der Waals surface area (Å²) in [5.41, 5.74) is 5.81. The fourth-order valence-corrected chi connectivity index (χ4v) is 3.69. The molecular formula is C25H26ClF2N5O4. The van der Waals surface area contributed by atoms with Gasteiger partial charge in [-0.1, -0.05) is 23.7 Å². The highest BCUT2D eigenvalue weighted by atomic mass is 35.5. The summed E-state index contributed by atoms with van der Waals surface area (Å²) in [7, 11) is 1.50. The number of aromatic nitrogens is 1. The fourth-order valence-electron chi connectivity index (χ4n) is 3.47. The molecule has 2 aromatic carbocycles. The number of hydrogen-bond donors (Lipinski definition) is 3. The third kappa shape index (κ3) is 7.83. The average molecular weight is 534 g/mol. The van der Waals surface area contributed by atoms with E-state index >= 15 is 0 Å². The van der Waals surface area contributed by atoms with Crippen LogP contribution < -0.4 is 16.4 Å². The van der Waals surface area contributed by atoms with Gasteiger partial charge in [0.15, 0.2) is 0 Å². The fraction of sp³-hybridized carbons (Fsp3) is 0.280. The van der Waals surface area contributed by atoms with Gasteiger partial charge in [-0.3, -0.25) is 14.9 Å². The first-order valence-electron chi connectivity index (χ1n) is 11.3. The first-order chi connectivity index (χ1) is 17.7. The minimum atomic E-state index is -0.856. The Morgan fingerprint density at radius 1 is 1.16 bits per heavy atom. The largest absolute Gasteiger partial charge is 0.447 e. The summed E-state index contributed by atoms with van der Waals surface area (Å²) in [6.45, 7) is -0.542. The van der Waals surface area contributed by atoms with E-state index in [1.165, 1.54) is 48.5 Å². The number of anilines is 1.